The van der Waals surface area contributed by atoms with Crippen LogP contribution in [0.1, 0.15) is 12.1 Å². The molecular weight excluding hydrogens is 528 g/mol. The molecule has 2 N–H and O–H groups in total. The second-order valence-electron chi connectivity index (χ2n) is 8.99. The summed E-state index contributed by atoms with van der Waals surface area (Å²) in [6.45, 7) is 2.98. The molecule has 9 nitrogen and oxygen atoms in total. The molecule has 0 radical (unpaired) electrons. The molecule has 5 rings (SSSR count). The first kappa shape index (κ1) is 26.6. The van der Waals surface area contributed by atoms with Crippen LogP contribution in [0.25, 0.3) is 22.0 Å². The van der Waals surface area contributed by atoms with Gasteiger partial charge < -0.3 is 24.2 Å². The standard InChI is InChI=1S/C27H27F2N5O4S/c1-15-20-9-16(11-23(38-19-7-8-37-14-19)25(20)33-27(30-2)32-15)17-10-22(26(36-3)31-13-17)34-39(4,35)24-6-5-18(28)12-21(24)29/h5-6,9-13,19H,4,7-8,14H2,1-3H3,(H,34,35)(H,30,32,33)/t19-,39?/m0/s1. The van der Waals surface area contributed by atoms with Crippen LogP contribution in [0, 0.1) is 18.6 Å². The molecule has 12 heteroatoms. The van der Waals surface area contributed by atoms with E-state index >= 15 is 0 Å². The minimum atomic E-state index is -3.44. The number of anilines is 2. The van der Waals surface area contributed by atoms with Crippen LogP contribution in [0.4, 0.5) is 20.4 Å². The number of hydrogen-bond donors (Lipinski definition) is 2. The minimum Gasteiger partial charge on any atom is -0.486 e. The van der Waals surface area contributed by atoms with E-state index in [1.807, 2.05) is 19.1 Å². The molecule has 0 amide bonds. The van der Waals surface area contributed by atoms with Gasteiger partial charge in [-0.25, -0.2) is 27.9 Å². The summed E-state index contributed by atoms with van der Waals surface area (Å²) in [5, 5.41) is 3.75. The van der Waals surface area contributed by atoms with Crippen LogP contribution in [0.15, 0.2) is 47.5 Å². The largest absolute Gasteiger partial charge is 0.486 e. The summed E-state index contributed by atoms with van der Waals surface area (Å²) in [6, 6.07) is 8.20. The van der Waals surface area contributed by atoms with Gasteiger partial charge >= 0.3 is 0 Å². The van der Waals surface area contributed by atoms with Crippen molar-refractivity contribution in [3.05, 3.63) is 59.9 Å². The third-order valence-electron chi connectivity index (χ3n) is 6.26. The van der Waals surface area contributed by atoms with Gasteiger partial charge in [-0.1, -0.05) is 0 Å². The number of nitrogens with zero attached hydrogens (tertiary/aromatic N) is 3. The molecular formula is C27H27F2N5O4S. The van der Waals surface area contributed by atoms with Gasteiger partial charge in [0.25, 0.3) is 0 Å². The SMILES string of the molecule is C=S(=O)(Nc1cc(-c2cc(O[C@H]3CCOC3)c3nc(NC)nc(C)c3c2)cnc1OC)c1ccc(F)cc1F. The van der Waals surface area contributed by atoms with Crippen molar-refractivity contribution in [3.8, 4) is 22.8 Å². The number of benzene rings is 2. The summed E-state index contributed by atoms with van der Waals surface area (Å²) in [5.41, 5.74) is 2.95. The monoisotopic (exact) mass is 555 g/mol. The van der Waals surface area contributed by atoms with Gasteiger partial charge in [0.05, 0.1) is 40.6 Å². The number of pyridine rings is 1. The van der Waals surface area contributed by atoms with Gasteiger partial charge in [-0.2, -0.15) is 0 Å². The summed E-state index contributed by atoms with van der Waals surface area (Å²) >= 11 is 0. The molecule has 1 fully saturated rings. The van der Waals surface area contributed by atoms with Crippen LogP contribution in [0.2, 0.25) is 0 Å². The van der Waals surface area contributed by atoms with Gasteiger partial charge in [0.15, 0.2) is 0 Å². The molecule has 4 aromatic rings. The average Bonchev–Trinajstić information content (AvgIpc) is 3.41. The van der Waals surface area contributed by atoms with Crippen LogP contribution >= 0.6 is 0 Å². The lowest BCUT2D eigenvalue weighted by molar-refractivity contribution is 0.142. The first-order valence-corrected chi connectivity index (χ1v) is 13.8. The van der Waals surface area contributed by atoms with Crippen molar-refractivity contribution in [1.82, 2.24) is 15.0 Å². The molecule has 1 aliphatic rings. The molecule has 204 valence electrons. The van der Waals surface area contributed by atoms with Crippen molar-refractivity contribution < 1.29 is 27.2 Å². The van der Waals surface area contributed by atoms with Crippen LogP contribution in [-0.4, -0.2) is 58.5 Å². The number of rotatable bonds is 8. The molecule has 3 heterocycles. The molecule has 0 spiro atoms. The van der Waals surface area contributed by atoms with Gasteiger partial charge in [0.1, 0.15) is 34.7 Å². The van der Waals surface area contributed by atoms with Gasteiger partial charge in [-0.3, -0.25) is 0 Å². The second kappa shape index (κ2) is 10.6. The Morgan fingerprint density at radius 2 is 1.97 bits per heavy atom. The highest BCUT2D eigenvalue weighted by Gasteiger charge is 2.22. The number of aromatic nitrogens is 3. The normalized spacial score (nSPS) is 16.6. The zero-order valence-electron chi connectivity index (χ0n) is 21.6. The minimum absolute atomic E-state index is 0.121. The van der Waals surface area contributed by atoms with Crippen molar-refractivity contribution in [2.75, 3.05) is 37.4 Å². The fourth-order valence-electron chi connectivity index (χ4n) is 4.32. The molecule has 0 saturated carbocycles. The lowest BCUT2D eigenvalue weighted by Crippen LogP contribution is -2.16. The topological polar surface area (TPSA) is 107 Å². The van der Waals surface area contributed by atoms with Crippen molar-refractivity contribution in [2.24, 2.45) is 0 Å². The Balaban J connectivity index is 1.60. The van der Waals surface area contributed by atoms with Crippen LogP contribution < -0.4 is 19.5 Å². The van der Waals surface area contributed by atoms with Crippen molar-refractivity contribution in [3.63, 3.8) is 0 Å². The Bertz CT molecular complexity index is 1660. The number of aryl methyl sites for hydroxylation is 1. The van der Waals surface area contributed by atoms with Crippen molar-refractivity contribution >= 4 is 38.1 Å². The first-order valence-electron chi connectivity index (χ1n) is 12.1. The Labute approximate surface area is 224 Å². The number of nitrogens with one attached hydrogen (secondary N) is 2. The first-order chi connectivity index (χ1) is 18.7. The Morgan fingerprint density at radius 1 is 1.15 bits per heavy atom. The highest BCUT2D eigenvalue weighted by molar-refractivity contribution is 8.01. The number of halogens is 2. The molecule has 1 unspecified atom stereocenters. The molecule has 2 atom stereocenters. The van der Waals surface area contributed by atoms with Crippen molar-refractivity contribution in [1.29, 1.82) is 0 Å². The van der Waals surface area contributed by atoms with Gasteiger partial charge in [-0.15, -0.1) is 0 Å². The van der Waals surface area contributed by atoms with E-state index in [1.165, 1.54) is 7.11 Å². The van der Waals surface area contributed by atoms with E-state index in [9.17, 15) is 13.0 Å². The van der Waals surface area contributed by atoms with Crippen LogP contribution in [0.5, 0.6) is 11.6 Å². The highest BCUT2D eigenvalue weighted by atomic mass is 32.2. The zero-order chi connectivity index (χ0) is 27.7. The van der Waals surface area contributed by atoms with Crippen molar-refractivity contribution in [2.45, 2.75) is 24.3 Å². The maximum absolute atomic E-state index is 14.4. The van der Waals surface area contributed by atoms with E-state index in [0.29, 0.717) is 42.1 Å². The molecule has 0 aliphatic carbocycles. The van der Waals surface area contributed by atoms with Crippen LogP contribution in [0.3, 0.4) is 0 Å². The third kappa shape index (κ3) is 5.43. The number of fused-ring (bicyclic) bond motifs is 1. The van der Waals surface area contributed by atoms with E-state index in [-0.39, 0.29) is 22.6 Å². The molecule has 39 heavy (non-hydrogen) atoms. The molecule has 2 aromatic heterocycles. The zero-order valence-corrected chi connectivity index (χ0v) is 22.4. The number of ether oxygens (including phenoxy) is 3. The smallest absolute Gasteiger partial charge is 0.238 e. The average molecular weight is 556 g/mol. The summed E-state index contributed by atoms with van der Waals surface area (Å²) in [4.78, 5) is 13.2. The summed E-state index contributed by atoms with van der Waals surface area (Å²) < 4.78 is 61.2. The van der Waals surface area contributed by atoms with Crippen LogP contribution in [-0.2, 0) is 14.4 Å². The van der Waals surface area contributed by atoms with E-state index in [2.05, 4.69) is 30.9 Å². The summed E-state index contributed by atoms with van der Waals surface area (Å²) in [5.74, 6) is 3.04. The number of hydrogen-bond acceptors (Lipinski definition) is 8. The Morgan fingerprint density at radius 3 is 2.67 bits per heavy atom. The molecule has 0 bridgehead atoms. The molecule has 2 aromatic carbocycles. The van der Waals surface area contributed by atoms with E-state index in [1.54, 1.807) is 19.3 Å². The molecule has 1 aliphatic heterocycles. The van der Waals surface area contributed by atoms with E-state index in [0.717, 1.165) is 35.2 Å². The predicted octanol–water partition coefficient (Wildman–Crippen LogP) is 4.60. The Hall–Kier alpha value is -4.03. The maximum Gasteiger partial charge on any atom is 0.238 e. The van der Waals surface area contributed by atoms with Gasteiger partial charge in [-0.05, 0) is 48.7 Å². The second-order valence-corrected chi connectivity index (χ2v) is 11.0. The Kier molecular flexibility index (Phi) is 7.23. The lowest BCUT2D eigenvalue weighted by atomic mass is 10.0. The fourth-order valence-corrected chi connectivity index (χ4v) is 5.60. The number of methoxy groups -OCH3 is 1. The third-order valence-corrected chi connectivity index (χ3v) is 7.85. The summed E-state index contributed by atoms with van der Waals surface area (Å²) in [7, 11) is -0.291. The quantitative estimate of drug-likeness (QED) is 0.304. The fraction of sp³-hybridized carbons (Fsp3) is 0.259. The van der Waals surface area contributed by atoms with Gasteiger partial charge in [0.2, 0.25) is 11.8 Å². The maximum atomic E-state index is 14.4. The predicted molar refractivity (Wildman–Crippen MR) is 147 cm³/mol. The van der Waals surface area contributed by atoms with Gasteiger partial charge in [0, 0.05) is 36.7 Å². The molecule has 1 saturated heterocycles. The summed E-state index contributed by atoms with van der Waals surface area (Å²) in [6.07, 6.45) is 2.23. The van der Waals surface area contributed by atoms with E-state index < -0.39 is 21.3 Å². The van der Waals surface area contributed by atoms with E-state index in [4.69, 9.17) is 14.2 Å². The highest BCUT2D eigenvalue weighted by Crippen LogP contribution is 2.37. The lowest BCUT2D eigenvalue weighted by Gasteiger charge is -2.18.